The zero-order chi connectivity index (χ0) is 4.99. The second-order valence-electron chi connectivity index (χ2n) is 0.667. The monoisotopic (exact) mass is 122 g/mol. The zero-order valence-electron chi connectivity index (χ0n) is 3.51. The smallest absolute Gasteiger partial charge is 0.0797 e. The van der Waals surface area contributed by atoms with Crippen LogP contribution in [0.1, 0.15) is 6.92 Å². The molecule has 0 unspecified atom stereocenters. The van der Waals surface area contributed by atoms with Crippen molar-refractivity contribution >= 4 is 20.0 Å². The molecule has 0 saturated heterocycles. The largest absolute Gasteiger partial charge is 0.210 e. The van der Waals surface area contributed by atoms with Crippen LogP contribution in [0.25, 0.3) is 0 Å². The minimum atomic E-state index is -1.15. The predicted octanol–water partition coefficient (Wildman–Crippen LogP) is 0.992. The van der Waals surface area contributed by atoms with Crippen molar-refractivity contribution in [3.63, 3.8) is 0 Å². The molecule has 0 aliphatic heterocycles. The van der Waals surface area contributed by atoms with Gasteiger partial charge in [-0.1, -0.05) is 12.6 Å². The van der Waals surface area contributed by atoms with Crippen LogP contribution < -0.4 is 0 Å². The topological polar surface area (TPSA) is 17.1 Å². The van der Waals surface area contributed by atoms with Crippen LogP contribution in [0.15, 0.2) is 0 Å². The first kappa shape index (κ1) is 6.15. The van der Waals surface area contributed by atoms with Gasteiger partial charge in [0.15, 0.2) is 0 Å². The summed E-state index contributed by atoms with van der Waals surface area (Å²) in [6.07, 6.45) is 0. The lowest BCUT2D eigenvalue weighted by atomic mass is 11.0. The second-order valence-corrected chi connectivity index (χ2v) is 3.69. The molecule has 6 heavy (non-hydrogen) atoms. The van der Waals surface area contributed by atoms with Gasteiger partial charge in [0.2, 0.25) is 0 Å². The van der Waals surface area contributed by atoms with E-state index in [0.29, 0.717) is 0 Å². The number of rotatable bonds is 1. The Morgan fingerprint density at radius 1 is 2.00 bits per heavy atom. The molecule has 0 aromatic carbocycles. The maximum atomic E-state index is 9.90. The molecule has 0 rings (SSSR count). The minimum Gasteiger partial charge on any atom is -0.210 e. The van der Waals surface area contributed by atoms with Gasteiger partial charge >= 0.3 is 0 Å². The van der Waals surface area contributed by atoms with Gasteiger partial charge in [-0.3, -0.25) is 0 Å². The van der Waals surface area contributed by atoms with Gasteiger partial charge in [0.1, 0.15) is 0 Å². The molecule has 0 fully saturated rings. The summed E-state index contributed by atoms with van der Waals surface area (Å²) < 4.78 is 9.90. The highest BCUT2D eigenvalue weighted by Crippen LogP contribution is 1.93. The lowest BCUT2D eigenvalue weighted by Crippen LogP contribution is -1.59. The van der Waals surface area contributed by atoms with Gasteiger partial charge in [0.05, 0.1) is 9.24 Å². The van der Waals surface area contributed by atoms with Gasteiger partial charge in [-0.05, 0) is 10.8 Å². The molecule has 0 N–H and O–H groups in total. The Labute approximate surface area is 43.2 Å². The SMILES string of the molecule is C#S(=O)SCC. The third-order valence-electron chi connectivity index (χ3n) is 0.234. The maximum absolute atomic E-state index is 9.90. The summed E-state index contributed by atoms with van der Waals surface area (Å²) in [7, 11) is 0.0872. The Hall–Kier alpha value is 0.150. The number of hydrogen-bond donors (Lipinski definition) is 0. The molecule has 0 spiro atoms. The van der Waals surface area contributed by atoms with Gasteiger partial charge in [-0.25, -0.2) is 4.21 Å². The first-order chi connectivity index (χ1) is 2.77. The van der Waals surface area contributed by atoms with Crippen LogP contribution in [-0.4, -0.2) is 9.96 Å². The van der Waals surface area contributed by atoms with Crippen molar-refractivity contribution in [2.45, 2.75) is 6.92 Å². The summed E-state index contributed by atoms with van der Waals surface area (Å²) in [5.74, 6) is 0.823. The van der Waals surface area contributed by atoms with Crippen LogP contribution in [0.4, 0.5) is 0 Å². The van der Waals surface area contributed by atoms with Crippen LogP contribution >= 0.6 is 10.8 Å². The van der Waals surface area contributed by atoms with E-state index in [-0.39, 0.29) is 0 Å². The quantitative estimate of drug-likeness (QED) is 0.482. The Morgan fingerprint density at radius 2 is 2.50 bits per heavy atom. The molecule has 0 heterocycles. The average molecular weight is 122 g/mol. The molecular formula is C3H6OS2. The van der Waals surface area contributed by atoms with E-state index in [1.807, 2.05) is 6.92 Å². The summed E-state index contributed by atoms with van der Waals surface area (Å²) in [6.45, 7) is 1.91. The van der Waals surface area contributed by atoms with E-state index in [1.165, 1.54) is 10.8 Å². The molecule has 0 atom stereocenters. The van der Waals surface area contributed by atoms with Crippen molar-refractivity contribution in [3.05, 3.63) is 0 Å². The van der Waals surface area contributed by atoms with E-state index in [9.17, 15) is 4.21 Å². The molecule has 0 aliphatic rings. The molecule has 0 aliphatic carbocycles. The Kier molecular flexibility index (Phi) is 3.43. The van der Waals surface area contributed by atoms with Gasteiger partial charge in [0.25, 0.3) is 0 Å². The highest BCUT2D eigenvalue weighted by atomic mass is 33.1. The van der Waals surface area contributed by atoms with E-state index >= 15 is 0 Å². The van der Waals surface area contributed by atoms with Crippen molar-refractivity contribution in [2.24, 2.45) is 0 Å². The van der Waals surface area contributed by atoms with E-state index in [1.54, 1.807) is 0 Å². The molecule has 36 valence electrons. The summed E-state index contributed by atoms with van der Waals surface area (Å²) in [5.41, 5.74) is 4.84. The highest BCUT2D eigenvalue weighted by Gasteiger charge is 1.71. The van der Waals surface area contributed by atoms with Gasteiger partial charge in [-0.15, -0.1) is 0 Å². The van der Waals surface area contributed by atoms with E-state index in [2.05, 4.69) is 0 Å². The fourth-order valence-electron chi connectivity index (χ4n) is 0.116. The Morgan fingerprint density at radius 3 is 2.50 bits per heavy atom. The molecule has 0 radical (unpaired) electrons. The molecular weight excluding hydrogens is 116 g/mol. The Balaban J connectivity index is 3.16. The predicted molar refractivity (Wildman–Crippen MR) is 31.2 cm³/mol. The molecule has 0 bridgehead atoms. The second kappa shape index (κ2) is 3.34. The average Bonchev–Trinajstić information content (AvgIpc) is 1.35. The maximum Gasteiger partial charge on any atom is 0.0797 e. The zero-order valence-corrected chi connectivity index (χ0v) is 5.14. The van der Waals surface area contributed by atoms with Crippen LogP contribution in [0.3, 0.4) is 0 Å². The van der Waals surface area contributed by atoms with Crippen LogP contribution in [0.5, 0.6) is 0 Å². The van der Waals surface area contributed by atoms with Crippen molar-refractivity contribution in [1.82, 2.24) is 0 Å². The molecule has 0 saturated carbocycles. The normalized spacial score (nSPS) is 8.00. The molecule has 0 aromatic rings. The molecule has 0 amide bonds. The van der Waals surface area contributed by atoms with Gasteiger partial charge in [0, 0.05) is 5.75 Å². The molecule has 0 aromatic heterocycles. The lowest BCUT2D eigenvalue weighted by molar-refractivity contribution is 0.699. The first-order valence-electron chi connectivity index (χ1n) is 1.56. The third-order valence-corrected chi connectivity index (χ3v) is 2.11. The fraction of sp³-hybridized carbons (Fsp3) is 0.667. The minimum absolute atomic E-state index is 0.823. The van der Waals surface area contributed by atoms with Crippen LogP contribution in [0, 0.1) is 5.69 Å². The van der Waals surface area contributed by atoms with Crippen LogP contribution in [-0.2, 0) is 9.24 Å². The third kappa shape index (κ3) is 4.15. The number of hydrogen-bond acceptors (Lipinski definition) is 2. The van der Waals surface area contributed by atoms with Crippen LogP contribution in [0.2, 0.25) is 0 Å². The fourth-order valence-corrected chi connectivity index (χ4v) is 1.05. The van der Waals surface area contributed by atoms with E-state index in [4.69, 9.17) is 5.69 Å². The molecule has 3 heteroatoms. The lowest BCUT2D eigenvalue weighted by Gasteiger charge is -1.72. The standard InChI is InChI=1S/C3H6OS2/c1-3-5-6(2)4/h2H,3H2,1H3. The van der Waals surface area contributed by atoms with Crippen molar-refractivity contribution in [2.75, 3.05) is 5.75 Å². The Bertz CT molecular complexity index is 121. The van der Waals surface area contributed by atoms with E-state index in [0.717, 1.165) is 5.75 Å². The van der Waals surface area contributed by atoms with E-state index < -0.39 is 9.24 Å². The van der Waals surface area contributed by atoms with Gasteiger partial charge in [-0.2, -0.15) is 0 Å². The molecule has 1 nitrogen and oxygen atoms in total. The summed E-state index contributed by atoms with van der Waals surface area (Å²) in [5, 5.41) is 0. The summed E-state index contributed by atoms with van der Waals surface area (Å²) in [6, 6.07) is 0. The van der Waals surface area contributed by atoms with Crippen molar-refractivity contribution < 1.29 is 4.21 Å². The highest BCUT2D eigenvalue weighted by molar-refractivity contribution is 8.64. The summed E-state index contributed by atoms with van der Waals surface area (Å²) in [4.78, 5) is 0. The van der Waals surface area contributed by atoms with Crippen molar-refractivity contribution in [1.29, 1.82) is 0 Å². The van der Waals surface area contributed by atoms with Crippen molar-refractivity contribution in [3.8, 4) is 5.69 Å². The summed E-state index contributed by atoms with van der Waals surface area (Å²) >= 11 is 0. The van der Waals surface area contributed by atoms with Gasteiger partial charge < -0.3 is 0 Å². The first-order valence-corrected chi connectivity index (χ1v) is 4.28.